The second kappa shape index (κ2) is 7.84. The van der Waals surface area contributed by atoms with Crippen molar-refractivity contribution in [2.75, 3.05) is 22.0 Å². The number of nitrogens with zero attached hydrogens (tertiary/aromatic N) is 2. The molecule has 0 spiro atoms. The molecule has 4 aliphatic carbocycles. The van der Waals surface area contributed by atoms with Gasteiger partial charge < -0.3 is 4.90 Å². The molecular formula is C28H34N2O3S. The third-order valence-corrected chi connectivity index (χ3v) is 10.1. The fourth-order valence-corrected chi connectivity index (χ4v) is 8.84. The van der Waals surface area contributed by atoms with Gasteiger partial charge in [0.2, 0.25) is 15.9 Å². The number of carbonyl (C=O) groups is 1. The van der Waals surface area contributed by atoms with Crippen LogP contribution in [0.5, 0.6) is 0 Å². The molecule has 5 nitrogen and oxygen atoms in total. The highest BCUT2D eigenvalue weighted by Gasteiger charge is 2.51. The molecule has 4 fully saturated rings. The monoisotopic (exact) mass is 478 g/mol. The molecule has 2 aromatic rings. The summed E-state index contributed by atoms with van der Waals surface area (Å²) in [5.74, 6) is 2.40. The Bertz CT molecular complexity index is 1190. The zero-order valence-corrected chi connectivity index (χ0v) is 20.9. The number of rotatable bonds is 5. The van der Waals surface area contributed by atoms with Gasteiger partial charge in [0.05, 0.1) is 11.9 Å². The summed E-state index contributed by atoms with van der Waals surface area (Å²) in [5, 5.41) is 0. The van der Waals surface area contributed by atoms with Gasteiger partial charge in [-0.25, -0.2) is 8.42 Å². The zero-order chi connectivity index (χ0) is 23.7. The third kappa shape index (κ3) is 3.65. The summed E-state index contributed by atoms with van der Waals surface area (Å²) in [6.07, 6.45) is 10.0. The lowest BCUT2D eigenvalue weighted by Gasteiger charge is -2.57. The number of fused-ring (bicyclic) bond motifs is 1. The molecule has 2 aromatic carbocycles. The predicted molar refractivity (Wildman–Crippen MR) is 136 cm³/mol. The van der Waals surface area contributed by atoms with Crippen LogP contribution in [-0.4, -0.2) is 33.2 Å². The molecule has 1 atom stereocenters. The van der Waals surface area contributed by atoms with Crippen molar-refractivity contribution in [2.24, 2.45) is 17.8 Å². The number of hydrogen-bond acceptors (Lipinski definition) is 3. The lowest BCUT2D eigenvalue weighted by molar-refractivity contribution is -0.117. The molecule has 0 saturated heterocycles. The van der Waals surface area contributed by atoms with E-state index in [9.17, 15) is 13.2 Å². The predicted octanol–water partition coefficient (Wildman–Crippen LogP) is 4.90. The average molecular weight is 479 g/mol. The molecule has 0 aromatic heterocycles. The van der Waals surface area contributed by atoms with Crippen molar-refractivity contribution in [1.29, 1.82) is 0 Å². The first-order chi connectivity index (χ1) is 16.2. The van der Waals surface area contributed by atoms with Gasteiger partial charge >= 0.3 is 0 Å². The molecule has 0 N–H and O–H groups in total. The van der Waals surface area contributed by atoms with E-state index in [4.69, 9.17) is 0 Å². The first-order valence-corrected chi connectivity index (χ1v) is 14.5. The Hall–Kier alpha value is -2.34. The highest BCUT2D eigenvalue weighted by Crippen LogP contribution is 2.60. The number of benzene rings is 2. The third-order valence-electron chi connectivity index (χ3n) is 8.96. The van der Waals surface area contributed by atoms with Crippen LogP contribution in [0, 0.1) is 17.8 Å². The van der Waals surface area contributed by atoms with E-state index in [-0.39, 0.29) is 23.9 Å². The van der Waals surface area contributed by atoms with Crippen LogP contribution in [0.1, 0.15) is 56.6 Å². The van der Waals surface area contributed by atoms with E-state index in [1.807, 2.05) is 43.3 Å². The summed E-state index contributed by atoms with van der Waals surface area (Å²) in [4.78, 5) is 15.1. The number of amides is 1. The van der Waals surface area contributed by atoms with Gasteiger partial charge in [0, 0.05) is 11.7 Å². The van der Waals surface area contributed by atoms with Gasteiger partial charge in [0.15, 0.2) is 0 Å². The maximum absolute atomic E-state index is 13.4. The van der Waals surface area contributed by atoms with Crippen LogP contribution >= 0.6 is 0 Å². The lowest BCUT2D eigenvalue weighted by atomic mass is 9.48. The smallest absolute Gasteiger partial charge is 0.248 e. The van der Waals surface area contributed by atoms with Crippen LogP contribution in [0.25, 0.3) is 0 Å². The minimum atomic E-state index is -3.61. The molecule has 1 amide bonds. The quantitative estimate of drug-likeness (QED) is 0.614. The van der Waals surface area contributed by atoms with Crippen LogP contribution < -0.4 is 9.21 Å². The topological polar surface area (TPSA) is 57.7 Å². The maximum atomic E-state index is 13.4. The molecule has 0 radical (unpaired) electrons. The zero-order valence-electron chi connectivity index (χ0n) is 20.1. The number of carbonyl (C=O) groups excluding carboxylic acids is 1. The molecule has 34 heavy (non-hydrogen) atoms. The molecule has 0 unspecified atom stereocenters. The van der Waals surface area contributed by atoms with Gasteiger partial charge in [-0.1, -0.05) is 30.3 Å². The number of sulfonamides is 1. The second-order valence-corrected chi connectivity index (χ2v) is 13.4. The first-order valence-electron chi connectivity index (χ1n) is 12.7. The van der Waals surface area contributed by atoms with Crippen molar-refractivity contribution >= 4 is 27.3 Å². The number of hydrogen-bond donors (Lipinski definition) is 0. The fourth-order valence-electron chi connectivity index (χ4n) is 7.99. The normalized spacial score (nSPS) is 31.5. The molecule has 1 heterocycles. The largest absolute Gasteiger partial charge is 0.307 e. The van der Waals surface area contributed by atoms with Gasteiger partial charge in [0.25, 0.3) is 0 Å². The van der Waals surface area contributed by atoms with Gasteiger partial charge in [-0.15, -0.1) is 0 Å². The number of para-hydroxylation sites is 1. The highest BCUT2D eigenvalue weighted by molar-refractivity contribution is 7.92. The minimum Gasteiger partial charge on any atom is -0.307 e. The summed E-state index contributed by atoms with van der Waals surface area (Å²) in [6, 6.07) is 16.0. The van der Waals surface area contributed by atoms with Crippen LogP contribution in [0.4, 0.5) is 11.4 Å². The van der Waals surface area contributed by atoms with E-state index in [2.05, 4.69) is 12.1 Å². The summed E-state index contributed by atoms with van der Waals surface area (Å²) in [6.45, 7) is 1.83. The van der Waals surface area contributed by atoms with Crippen LogP contribution in [0.15, 0.2) is 48.5 Å². The maximum Gasteiger partial charge on any atom is 0.248 e. The van der Waals surface area contributed by atoms with E-state index in [1.165, 1.54) is 54.6 Å². The molecule has 6 heteroatoms. The fraction of sp³-hybridized carbons (Fsp3) is 0.536. The standard InChI is InChI=1S/C28H34N2O3S/c1-19-11-23-5-3-4-6-26(23)30(19)27(31)18-29(34(2,32)33)25-9-7-24(8-10-25)28-15-20-12-21(16-28)14-22(13-20)17-28/h3-10,19-22H,11-18H2,1-2H3/t19-,20?,21?,22?,28?/m1/s1. The summed E-state index contributed by atoms with van der Waals surface area (Å²) >= 11 is 0. The van der Waals surface area contributed by atoms with E-state index < -0.39 is 10.0 Å². The minimum absolute atomic E-state index is 0.0183. The Balaban J connectivity index is 1.26. The molecule has 4 bridgehead atoms. The van der Waals surface area contributed by atoms with Crippen molar-refractivity contribution in [3.63, 3.8) is 0 Å². The van der Waals surface area contributed by atoms with E-state index >= 15 is 0 Å². The Morgan fingerprint density at radius 3 is 2.15 bits per heavy atom. The Kier molecular flexibility index (Phi) is 5.11. The summed E-state index contributed by atoms with van der Waals surface area (Å²) in [7, 11) is -3.61. The van der Waals surface area contributed by atoms with E-state index in [0.29, 0.717) is 5.69 Å². The van der Waals surface area contributed by atoms with Crippen LogP contribution in [0.3, 0.4) is 0 Å². The van der Waals surface area contributed by atoms with Crippen LogP contribution in [0.2, 0.25) is 0 Å². The molecule has 180 valence electrons. The molecule has 7 rings (SSSR count). The molecule has 1 aliphatic heterocycles. The van der Waals surface area contributed by atoms with Crippen molar-refractivity contribution in [3.05, 3.63) is 59.7 Å². The Morgan fingerprint density at radius 2 is 1.56 bits per heavy atom. The van der Waals surface area contributed by atoms with Gasteiger partial charge in [0.1, 0.15) is 6.54 Å². The van der Waals surface area contributed by atoms with Gasteiger partial charge in [-0.05, 0) is 104 Å². The SMILES string of the molecule is C[C@@H]1Cc2ccccc2N1C(=O)CN(c1ccc(C23CC4CC(CC(C4)C2)C3)cc1)S(C)(=O)=O. The first kappa shape index (κ1) is 22.1. The van der Waals surface area contributed by atoms with Crippen molar-refractivity contribution in [3.8, 4) is 0 Å². The van der Waals surface area contributed by atoms with Crippen molar-refractivity contribution in [2.45, 2.75) is 63.3 Å². The van der Waals surface area contributed by atoms with Crippen LogP contribution in [-0.2, 0) is 26.7 Å². The number of anilines is 2. The molecule has 5 aliphatic rings. The summed E-state index contributed by atoms with van der Waals surface area (Å²) < 4.78 is 26.8. The average Bonchev–Trinajstić information content (AvgIpc) is 3.11. The van der Waals surface area contributed by atoms with E-state index in [0.717, 1.165) is 35.4 Å². The van der Waals surface area contributed by atoms with Gasteiger partial charge in [-0.3, -0.25) is 9.10 Å². The Morgan fingerprint density at radius 1 is 0.971 bits per heavy atom. The van der Waals surface area contributed by atoms with Crippen molar-refractivity contribution in [1.82, 2.24) is 0 Å². The highest BCUT2D eigenvalue weighted by atomic mass is 32.2. The summed E-state index contributed by atoms with van der Waals surface area (Å²) in [5.41, 5.74) is 4.23. The van der Waals surface area contributed by atoms with Crippen molar-refractivity contribution < 1.29 is 13.2 Å². The van der Waals surface area contributed by atoms with E-state index in [1.54, 1.807) is 4.90 Å². The second-order valence-electron chi connectivity index (χ2n) is 11.5. The molecule has 4 saturated carbocycles. The Labute approximate surface area is 203 Å². The van der Waals surface area contributed by atoms with Gasteiger partial charge in [-0.2, -0.15) is 0 Å². The lowest BCUT2D eigenvalue weighted by Crippen LogP contribution is -2.48. The molecular weight excluding hydrogens is 444 g/mol.